The third-order valence-corrected chi connectivity index (χ3v) is 4.19. The van der Waals surface area contributed by atoms with Crippen LogP contribution in [-0.2, 0) is 11.3 Å². The highest BCUT2D eigenvalue weighted by molar-refractivity contribution is 6.01. The first-order chi connectivity index (χ1) is 13.3. The van der Waals surface area contributed by atoms with E-state index in [0.717, 1.165) is 4.68 Å². The second-order valence-electron chi connectivity index (χ2n) is 6.11. The second-order valence-corrected chi connectivity index (χ2v) is 6.11. The lowest BCUT2D eigenvalue weighted by Crippen LogP contribution is -2.22. The van der Waals surface area contributed by atoms with Gasteiger partial charge >= 0.3 is 11.7 Å². The summed E-state index contributed by atoms with van der Waals surface area (Å²) in [5.74, 6) is -2.25. The van der Waals surface area contributed by atoms with Crippen LogP contribution >= 0.6 is 0 Å². The van der Waals surface area contributed by atoms with Gasteiger partial charge in [0.25, 0.3) is 0 Å². The van der Waals surface area contributed by atoms with Gasteiger partial charge in [0.15, 0.2) is 0 Å². The summed E-state index contributed by atoms with van der Waals surface area (Å²) in [6.45, 7) is 4.81. The first-order valence-electron chi connectivity index (χ1n) is 8.55. The second kappa shape index (κ2) is 7.63. The highest BCUT2D eigenvalue weighted by atomic mass is 19.1. The molecule has 3 rings (SSSR count). The largest absolute Gasteiger partial charge is 0.462 e. The molecule has 0 spiro atoms. The van der Waals surface area contributed by atoms with Gasteiger partial charge in [-0.25, -0.2) is 14.0 Å². The zero-order chi connectivity index (χ0) is 20.4. The number of rotatable bonds is 6. The molecule has 1 N–H and O–H groups in total. The molecule has 0 amide bonds. The van der Waals surface area contributed by atoms with Crippen LogP contribution in [0.4, 0.5) is 4.39 Å². The average molecular weight is 387 g/mol. The lowest BCUT2D eigenvalue weighted by atomic mass is 10.1. The Hall–Kier alpha value is -3.49. The quantitative estimate of drug-likeness (QED) is 0.515. The van der Waals surface area contributed by atoms with E-state index in [9.17, 15) is 18.8 Å². The minimum absolute atomic E-state index is 0.0237. The summed E-state index contributed by atoms with van der Waals surface area (Å²) in [4.78, 5) is 39.6. The first kappa shape index (κ1) is 19.3. The van der Waals surface area contributed by atoms with Crippen LogP contribution in [0.5, 0.6) is 0 Å². The summed E-state index contributed by atoms with van der Waals surface area (Å²) in [5, 5.41) is 3.99. The number of hydrogen-bond donors (Lipinski definition) is 1. The van der Waals surface area contributed by atoms with E-state index in [4.69, 9.17) is 9.15 Å². The molecule has 0 radical (unpaired) electrons. The summed E-state index contributed by atoms with van der Waals surface area (Å²) in [6, 6.07) is 5.25. The predicted molar refractivity (Wildman–Crippen MR) is 96.7 cm³/mol. The molecule has 0 aliphatic heterocycles. The molecule has 0 unspecified atom stereocenters. The number of aromatic amines is 1. The molecule has 0 bridgehead atoms. The Morgan fingerprint density at radius 1 is 1.25 bits per heavy atom. The number of aryl methyl sites for hydroxylation is 1. The van der Waals surface area contributed by atoms with Gasteiger partial charge in [-0.3, -0.25) is 4.79 Å². The van der Waals surface area contributed by atoms with Gasteiger partial charge in [-0.15, -0.1) is 5.10 Å². The summed E-state index contributed by atoms with van der Waals surface area (Å²) >= 11 is 0. The molecule has 0 saturated heterocycles. The van der Waals surface area contributed by atoms with Gasteiger partial charge in [-0.05, 0) is 50.6 Å². The van der Waals surface area contributed by atoms with Crippen molar-refractivity contribution in [1.29, 1.82) is 0 Å². The maximum Gasteiger partial charge on any atom is 0.437 e. The van der Waals surface area contributed by atoms with Crippen molar-refractivity contribution in [3.63, 3.8) is 0 Å². The Morgan fingerprint density at radius 3 is 2.57 bits per heavy atom. The number of aromatic nitrogens is 3. The molecule has 0 aliphatic rings. The molecule has 0 atom stereocenters. The van der Waals surface area contributed by atoms with Crippen LogP contribution in [0.15, 0.2) is 33.5 Å². The van der Waals surface area contributed by atoms with E-state index in [0.29, 0.717) is 22.4 Å². The number of carbonyl (C=O) groups excluding carboxylic acids is 2. The SMILES string of the molecule is CCOC(=O)c1c(C)[nH]c(C(=O)Cn2nc(-c3ccc(F)cc3)oc2=O)c1C. The van der Waals surface area contributed by atoms with Crippen LogP contribution in [0.2, 0.25) is 0 Å². The molecule has 1 aromatic carbocycles. The maximum absolute atomic E-state index is 13.0. The number of Topliss-reactive ketones (excluding diaryl/α,β-unsaturated/α-hetero) is 1. The number of ketones is 1. The molecule has 146 valence electrons. The number of H-pyrrole nitrogens is 1. The molecule has 9 heteroatoms. The number of nitrogens with one attached hydrogen (secondary N) is 1. The molecule has 28 heavy (non-hydrogen) atoms. The minimum Gasteiger partial charge on any atom is -0.462 e. The van der Waals surface area contributed by atoms with E-state index in [1.54, 1.807) is 20.8 Å². The third kappa shape index (κ3) is 3.64. The van der Waals surface area contributed by atoms with Crippen molar-refractivity contribution in [3.8, 4) is 11.5 Å². The summed E-state index contributed by atoms with van der Waals surface area (Å²) in [6.07, 6.45) is 0. The number of halogens is 1. The fourth-order valence-corrected chi connectivity index (χ4v) is 2.87. The fourth-order valence-electron chi connectivity index (χ4n) is 2.87. The van der Waals surface area contributed by atoms with Crippen LogP contribution in [-0.4, -0.2) is 33.1 Å². The molecule has 2 heterocycles. The normalized spacial score (nSPS) is 10.9. The lowest BCUT2D eigenvalue weighted by molar-refractivity contribution is 0.0525. The van der Waals surface area contributed by atoms with Crippen LogP contribution in [0.1, 0.15) is 39.0 Å². The molecule has 0 fully saturated rings. The molecule has 2 aromatic heterocycles. The molecule has 8 nitrogen and oxygen atoms in total. The zero-order valence-electron chi connectivity index (χ0n) is 15.5. The van der Waals surface area contributed by atoms with Gasteiger partial charge in [0, 0.05) is 11.3 Å². The van der Waals surface area contributed by atoms with E-state index in [1.807, 2.05) is 0 Å². The van der Waals surface area contributed by atoms with Gasteiger partial charge in [0.1, 0.15) is 12.4 Å². The van der Waals surface area contributed by atoms with E-state index < -0.39 is 23.3 Å². The number of ether oxygens (including phenoxy) is 1. The van der Waals surface area contributed by atoms with Crippen molar-refractivity contribution in [1.82, 2.24) is 14.8 Å². The van der Waals surface area contributed by atoms with Crippen molar-refractivity contribution >= 4 is 11.8 Å². The minimum atomic E-state index is -0.820. The van der Waals surface area contributed by atoms with Gasteiger partial charge < -0.3 is 14.1 Å². The molecule has 0 aliphatic carbocycles. The van der Waals surface area contributed by atoms with E-state index in [1.165, 1.54) is 24.3 Å². The number of hydrogen-bond acceptors (Lipinski definition) is 6. The Kier molecular flexibility index (Phi) is 5.25. The zero-order valence-corrected chi connectivity index (χ0v) is 15.5. The Balaban J connectivity index is 1.86. The Labute approximate surface area is 158 Å². The lowest BCUT2D eigenvalue weighted by Gasteiger charge is -2.02. The topological polar surface area (TPSA) is 107 Å². The smallest absolute Gasteiger partial charge is 0.437 e. The van der Waals surface area contributed by atoms with E-state index in [-0.39, 0.29) is 24.7 Å². The summed E-state index contributed by atoms with van der Waals surface area (Å²) in [5.41, 5.74) is 1.83. The van der Waals surface area contributed by atoms with E-state index >= 15 is 0 Å². The van der Waals surface area contributed by atoms with Crippen LogP contribution in [0.25, 0.3) is 11.5 Å². The van der Waals surface area contributed by atoms with Crippen LogP contribution in [0.3, 0.4) is 0 Å². The van der Waals surface area contributed by atoms with Crippen molar-refractivity contribution < 1.29 is 23.1 Å². The number of nitrogens with zero attached hydrogens (tertiary/aromatic N) is 2. The van der Waals surface area contributed by atoms with Crippen molar-refractivity contribution in [3.05, 3.63) is 63.1 Å². The standard InChI is InChI=1S/C19H18FN3O5/c1-4-27-18(25)15-10(2)16(21-11(15)3)14(24)9-23-19(26)28-17(22-23)12-5-7-13(20)8-6-12/h5-8,21H,4,9H2,1-3H3. The predicted octanol–water partition coefficient (Wildman–Crippen LogP) is 2.65. The van der Waals surface area contributed by atoms with Gasteiger partial charge in [0.2, 0.25) is 11.7 Å². The maximum atomic E-state index is 13.0. The molecular weight excluding hydrogens is 369 g/mol. The van der Waals surface area contributed by atoms with Gasteiger partial charge in [-0.1, -0.05) is 0 Å². The summed E-state index contributed by atoms with van der Waals surface area (Å²) in [7, 11) is 0. The average Bonchev–Trinajstić information content (AvgIpc) is 3.15. The number of benzene rings is 1. The Morgan fingerprint density at radius 2 is 1.93 bits per heavy atom. The van der Waals surface area contributed by atoms with Crippen molar-refractivity contribution in [2.45, 2.75) is 27.3 Å². The van der Waals surface area contributed by atoms with Crippen LogP contribution < -0.4 is 5.76 Å². The van der Waals surface area contributed by atoms with Gasteiger partial charge in [0.05, 0.1) is 17.9 Å². The highest BCUT2D eigenvalue weighted by Crippen LogP contribution is 2.20. The summed E-state index contributed by atoms with van der Waals surface area (Å²) < 4.78 is 23.9. The molecule has 0 saturated carbocycles. The Bertz CT molecular complexity index is 1090. The highest BCUT2D eigenvalue weighted by Gasteiger charge is 2.24. The third-order valence-electron chi connectivity index (χ3n) is 4.19. The number of esters is 1. The van der Waals surface area contributed by atoms with E-state index in [2.05, 4.69) is 10.1 Å². The fraction of sp³-hybridized carbons (Fsp3) is 0.263. The number of carbonyl (C=O) groups is 2. The van der Waals surface area contributed by atoms with Gasteiger partial charge in [-0.2, -0.15) is 4.68 Å². The monoisotopic (exact) mass is 387 g/mol. The molecular formula is C19H18FN3O5. The molecule has 3 aromatic rings. The first-order valence-corrected chi connectivity index (χ1v) is 8.55. The van der Waals surface area contributed by atoms with Crippen molar-refractivity contribution in [2.75, 3.05) is 6.61 Å². The van der Waals surface area contributed by atoms with Crippen molar-refractivity contribution in [2.24, 2.45) is 0 Å². The van der Waals surface area contributed by atoms with Crippen LogP contribution in [0, 0.1) is 19.7 Å².